The summed E-state index contributed by atoms with van der Waals surface area (Å²) in [5.41, 5.74) is 1.38. The molecular weight excluding hydrogens is 284 g/mol. The molecule has 0 aliphatic carbocycles. The molecule has 0 radical (unpaired) electrons. The van der Waals surface area contributed by atoms with Gasteiger partial charge in [-0.15, -0.1) is 0 Å². The van der Waals surface area contributed by atoms with Crippen molar-refractivity contribution >= 4 is 27.7 Å². The van der Waals surface area contributed by atoms with Gasteiger partial charge in [-0.2, -0.15) is 0 Å². The highest BCUT2D eigenvalue weighted by Gasteiger charge is 2.44. The zero-order chi connectivity index (χ0) is 11.9. The van der Waals surface area contributed by atoms with Crippen LogP contribution in [0.2, 0.25) is 0 Å². The second-order valence-electron chi connectivity index (χ2n) is 4.45. The van der Waals surface area contributed by atoms with E-state index in [1.165, 1.54) is 0 Å². The Kier molecular flexibility index (Phi) is 2.60. The average molecular weight is 297 g/mol. The maximum atomic E-state index is 11.6. The predicted molar refractivity (Wildman–Crippen MR) is 68.0 cm³/mol. The molecule has 1 unspecified atom stereocenters. The van der Waals surface area contributed by atoms with E-state index in [0.29, 0.717) is 6.54 Å². The number of carbonyl (C=O) groups excluding carboxylic acids is 1. The summed E-state index contributed by atoms with van der Waals surface area (Å²) in [5, 5.41) is 6.06. The van der Waals surface area contributed by atoms with Crippen LogP contribution in [-0.2, 0) is 10.3 Å². The Bertz CT molecular complexity index is 470. The summed E-state index contributed by atoms with van der Waals surface area (Å²) in [7, 11) is 0. The van der Waals surface area contributed by atoms with E-state index in [1.54, 1.807) is 0 Å². The van der Waals surface area contributed by atoms with Crippen LogP contribution in [0.15, 0.2) is 22.7 Å². The van der Waals surface area contributed by atoms with Gasteiger partial charge in [0.25, 0.3) is 0 Å². The highest BCUT2D eigenvalue weighted by atomic mass is 79.9. The normalized spacial score (nSPS) is 27.2. The number of rotatable bonds is 0. The lowest BCUT2D eigenvalue weighted by molar-refractivity contribution is -0.00780. The van der Waals surface area contributed by atoms with Crippen molar-refractivity contribution in [2.45, 2.75) is 18.4 Å². The van der Waals surface area contributed by atoms with E-state index in [1.807, 2.05) is 18.2 Å². The minimum absolute atomic E-state index is 0.362. The van der Waals surface area contributed by atoms with Gasteiger partial charge in [0.05, 0.1) is 5.69 Å². The van der Waals surface area contributed by atoms with E-state index >= 15 is 0 Å². The predicted octanol–water partition coefficient (Wildman–Crippen LogP) is 2.59. The van der Waals surface area contributed by atoms with Gasteiger partial charge >= 0.3 is 6.09 Å². The Morgan fingerprint density at radius 2 is 2.29 bits per heavy atom. The van der Waals surface area contributed by atoms with E-state index in [-0.39, 0.29) is 6.09 Å². The fourth-order valence-corrected chi connectivity index (χ4v) is 3.36. The summed E-state index contributed by atoms with van der Waals surface area (Å²) in [6.45, 7) is 1.66. The molecule has 2 heterocycles. The number of nitrogens with one attached hydrogen (secondary N) is 2. The molecule has 1 amide bonds. The van der Waals surface area contributed by atoms with Gasteiger partial charge in [0, 0.05) is 16.6 Å². The van der Waals surface area contributed by atoms with Crippen molar-refractivity contribution in [1.82, 2.24) is 5.32 Å². The van der Waals surface area contributed by atoms with Gasteiger partial charge in [0.15, 0.2) is 5.60 Å². The molecule has 0 aromatic heterocycles. The lowest BCUT2D eigenvalue weighted by Gasteiger charge is -2.41. The second kappa shape index (κ2) is 3.99. The van der Waals surface area contributed by atoms with Crippen LogP contribution in [0.5, 0.6) is 0 Å². The zero-order valence-corrected chi connectivity index (χ0v) is 10.8. The summed E-state index contributed by atoms with van der Waals surface area (Å²) in [5.74, 6) is 0. The highest BCUT2D eigenvalue weighted by molar-refractivity contribution is 9.10. The Morgan fingerprint density at radius 3 is 3.06 bits per heavy atom. The minimum atomic E-state index is -0.518. The molecule has 1 aromatic rings. The van der Waals surface area contributed by atoms with E-state index < -0.39 is 5.60 Å². The van der Waals surface area contributed by atoms with Crippen molar-refractivity contribution in [2.24, 2.45) is 0 Å². The first-order valence-electron chi connectivity index (χ1n) is 5.71. The van der Waals surface area contributed by atoms with E-state index in [9.17, 15) is 4.79 Å². The number of amides is 1. The monoisotopic (exact) mass is 296 g/mol. The van der Waals surface area contributed by atoms with Crippen LogP contribution in [0.1, 0.15) is 18.4 Å². The summed E-state index contributed by atoms with van der Waals surface area (Å²) in [6, 6.07) is 5.81. The molecule has 2 aliphatic rings. The van der Waals surface area contributed by atoms with Gasteiger partial charge in [-0.05, 0) is 31.5 Å². The fraction of sp³-hybridized carbons (Fsp3) is 0.417. The maximum Gasteiger partial charge on any atom is 0.412 e. The van der Waals surface area contributed by atoms with Crippen molar-refractivity contribution in [2.75, 3.05) is 18.4 Å². The number of hydrogen-bond donors (Lipinski definition) is 2. The number of piperidine rings is 1. The molecule has 1 fully saturated rings. The SMILES string of the molecule is O=C1Nc2cccc(Br)c2C2(CCCNC2)O1. The first-order valence-corrected chi connectivity index (χ1v) is 6.50. The molecule has 17 heavy (non-hydrogen) atoms. The van der Waals surface area contributed by atoms with Crippen LogP contribution in [0.3, 0.4) is 0 Å². The van der Waals surface area contributed by atoms with E-state index in [0.717, 1.165) is 35.1 Å². The first kappa shape index (κ1) is 11.0. The third-order valence-electron chi connectivity index (χ3n) is 3.34. The molecule has 2 aliphatic heterocycles. The quantitative estimate of drug-likeness (QED) is 0.774. The number of anilines is 1. The Morgan fingerprint density at radius 1 is 1.41 bits per heavy atom. The fourth-order valence-electron chi connectivity index (χ4n) is 2.63. The summed E-state index contributed by atoms with van der Waals surface area (Å²) in [6.07, 6.45) is 1.51. The van der Waals surface area contributed by atoms with Crippen LogP contribution < -0.4 is 10.6 Å². The molecule has 0 bridgehead atoms. The molecule has 3 rings (SSSR count). The lowest BCUT2D eigenvalue weighted by atomic mass is 9.84. The van der Waals surface area contributed by atoms with Gasteiger partial charge in [-0.3, -0.25) is 5.32 Å². The number of fused-ring (bicyclic) bond motifs is 2. The van der Waals surface area contributed by atoms with Crippen molar-refractivity contribution in [3.8, 4) is 0 Å². The van der Waals surface area contributed by atoms with Crippen molar-refractivity contribution in [1.29, 1.82) is 0 Å². The van der Waals surface area contributed by atoms with Gasteiger partial charge in [0.2, 0.25) is 0 Å². The van der Waals surface area contributed by atoms with Gasteiger partial charge < -0.3 is 10.1 Å². The molecule has 1 saturated heterocycles. The first-order chi connectivity index (χ1) is 8.21. The van der Waals surface area contributed by atoms with Crippen molar-refractivity contribution < 1.29 is 9.53 Å². The molecule has 2 N–H and O–H groups in total. The van der Waals surface area contributed by atoms with Gasteiger partial charge in [-0.1, -0.05) is 22.0 Å². The maximum absolute atomic E-state index is 11.6. The van der Waals surface area contributed by atoms with E-state index in [2.05, 4.69) is 26.6 Å². The second-order valence-corrected chi connectivity index (χ2v) is 5.31. The molecule has 5 heteroatoms. The molecule has 1 spiro atoms. The topological polar surface area (TPSA) is 50.4 Å². The lowest BCUT2D eigenvalue weighted by Crippen LogP contribution is -2.50. The Balaban J connectivity index is 2.15. The third kappa shape index (κ3) is 1.73. The van der Waals surface area contributed by atoms with Gasteiger partial charge in [0.1, 0.15) is 0 Å². The number of hydrogen-bond acceptors (Lipinski definition) is 3. The molecule has 4 nitrogen and oxygen atoms in total. The van der Waals surface area contributed by atoms with Crippen molar-refractivity contribution in [3.63, 3.8) is 0 Å². The zero-order valence-electron chi connectivity index (χ0n) is 9.25. The molecular formula is C12H13BrN2O2. The largest absolute Gasteiger partial charge is 0.436 e. The summed E-state index contributed by atoms with van der Waals surface area (Å²) < 4.78 is 6.56. The number of ether oxygens (including phenoxy) is 1. The number of benzene rings is 1. The van der Waals surface area contributed by atoms with Crippen LogP contribution >= 0.6 is 15.9 Å². The minimum Gasteiger partial charge on any atom is -0.436 e. The standard InChI is InChI=1S/C12H13BrN2O2/c13-8-3-1-4-9-10(8)12(17-11(16)15-9)5-2-6-14-7-12/h1,3-4,14H,2,5-7H2,(H,15,16). The summed E-state index contributed by atoms with van der Waals surface area (Å²) >= 11 is 3.55. The van der Waals surface area contributed by atoms with Gasteiger partial charge in [-0.25, -0.2) is 4.79 Å². The van der Waals surface area contributed by atoms with Crippen LogP contribution in [0.25, 0.3) is 0 Å². The van der Waals surface area contributed by atoms with Crippen LogP contribution in [0.4, 0.5) is 10.5 Å². The molecule has 1 aromatic carbocycles. The number of carbonyl (C=O) groups is 1. The average Bonchev–Trinajstić information content (AvgIpc) is 2.29. The molecule has 90 valence electrons. The highest BCUT2D eigenvalue weighted by Crippen LogP contribution is 2.44. The Labute approximate surface area is 108 Å². The smallest absolute Gasteiger partial charge is 0.412 e. The molecule has 1 atom stereocenters. The Hall–Kier alpha value is -1.07. The third-order valence-corrected chi connectivity index (χ3v) is 4.00. The van der Waals surface area contributed by atoms with E-state index in [4.69, 9.17) is 4.74 Å². The molecule has 0 saturated carbocycles. The van der Waals surface area contributed by atoms with Crippen molar-refractivity contribution in [3.05, 3.63) is 28.2 Å². The van der Waals surface area contributed by atoms with Crippen LogP contribution in [-0.4, -0.2) is 19.2 Å². The number of halogens is 1. The summed E-state index contributed by atoms with van der Waals surface area (Å²) in [4.78, 5) is 11.6. The van der Waals surface area contributed by atoms with Crippen LogP contribution in [0, 0.1) is 0 Å².